The topological polar surface area (TPSA) is 29.5 Å². The van der Waals surface area contributed by atoms with Crippen molar-refractivity contribution in [1.29, 1.82) is 0 Å². The summed E-state index contributed by atoms with van der Waals surface area (Å²) < 4.78 is 6.22. The highest BCUT2D eigenvalue weighted by Crippen LogP contribution is 2.48. The Bertz CT molecular complexity index is 343. The summed E-state index contributed by atoms with van der Waals surface area (Å²) in [6.07, 6.45) is 7.51. The van der Waals surface area contributed by atoms with Crippen molar-refractivity contribution >= 4 is 5.78 Å². The highest BCUT2D eigenvalue weighted by atomic mass is 16.5. The number of rotatable bonds is 0. The molecule has 18 heavy (non-hydrogen) atoms. The van der Waals surface area contributed by atoms with E-state index in [0.717, 1.165) is 6.42 Å². The fraction of sp³-hybridized carbons (Fsp3) is 0.933. The number of Topliss-reactive ketones (excluding diaryl/α,β-unsaturated/α-hetero) is 1. The molecule has 2 aliphatic heterocycles. The summed E-state index contributed by atoms with van der Waals surface area (Å²) >= 11 is 0. The van der Waals surface area contributed by atoms with Gasteiger partial charge in [0.2, 0.25) is 0 Å². The normalized spacial score (nSPS) is 46.1. The SMILES string of the molecule is C[C@H]1C[C@]2(CC(=O)CCO2)[C@H]2CCCC[C@@H]2N1C. The molecule has 3 rings (SSSR count). The summed E-state index contributed by atoms with van der Waals surface area (Å²) in [5.41, 5.74) is -0.119. The van der Waals surface area contributed by atoms with Crippen LogP contribution in [0.1, 0.15) is 51.9 Å². The quantitative estimate of drug-likeness (QED) is 0.662. The molecule has 0 aromatic rings. The molecule has 0 aromatic heterocycles. The minimum absolute atomic E-state index is 0.119. The van der Waals surface area contributed by atoms with Crippen molar-refractivity contribution in [2.45, 2.75) is 69.6 Å². The number of hydrogen-bond donors (Lipinski definition) is 0. The Morgan fingerprint density at radius 3 is 2.89 bits per heavy atom. The molecule has 1 saturated carbocycles. The number of likely N-dealkylation sites (tertiary alicyclic amines) is 1. The van der Waals surface area contributed by atoms with Crippen LogP contribution in [0.4, 0.5) is 0 Å². The molecule has 2 heterocycles. The van der Waals surface area contributed by atoms with Gasteiger partial charge in [0, 0.05) is 30.8 Å². The van der Waals surface area contributed by atoms with Crippen molar-refractivity contribution in [2.24, 2.45) is 5.92 Å². The molecule has 102 valence electrons. The smallest absolute Gasteiger partial charge is 0.138 e. The van der Waals surface area contributed by atoms with Gasteiger partial charge in [0.05, 0.1) is 12.2 Å². The van der Waals surface area contributed by atoms with E-state index in [1.807, 2.05) is 0 Å². The van der Waals surface area contributed by atoms with Crippen LogP contribution in [-0.2, 0) is 9.53 Å². The van der Waals surface area contributed by atoms with Gasteiger partial charge in [-0.05, 0) is 33.2 Å². The van der Waals surface area contributed by atoms with Gasteiger partial charge >= 0.3 is 0 Å². The standard InChI is InChI=1S/C15H25NO2/c1-11-9-15(10-12(17)7-8-18-15)13-5-3-4-6-14(13)16(11)2/h11,13-14H,3-10H2,1-2H3/t11-,13-,14-,15-/m0/s1. The lowest BCUT2D eigenvalue weighted by Crippen LogP contribution is -2.63. The van der Waals surface area contributed by atoms with Crippen LogP contribution in [0.5, 0.6) is 0 Å². The number of hydrogen-bond acceptors (Lipinski definition) is 3. The number of carbonyl (C=O) groups is 1. The Labute approximate surface area is 110 Å². The van der Waals surface area contributed by atoms with Gasteiger partial charge < -0.3 is 9.64 Å². The van der Waals surface area contributed by atoms with E-state index in [4.69, 9.17) is 4.74 Å². The van der Waals surface area contributed by atoms with Crippen LogP contribution in [0.3, 0.4) is 0 Å². The molecule has 2 saturated heterocycles. The predicted molar refractivity (Wildman–Crippen MR) is 70.5 cm³/mol. The molecule has 0 unspecified atom stereocenters. The Kier molecular flexibility index (Phi) is 3.23. The highest BCUT2D eigenvalue weighted by molar-refractivity contribution is 5.80. The van der Waals surface area contributed by atoms with Crippen molar-refractivity contribution in [1.82, 2.24) is 4.90 Å². The number of piperidine rings is 1. The molecule has 3 heteroatoms. The summed E-state index contributed by atoms with van der Waals surface area (Å²) in [7, 11) is 2.26. The second kappa shape index (κ2) is 4.61. The summed E-state index contributed by atoms with van der Waals surface area (Å²) in [5, 5.41) is 0. The fourth-order valence-corrected chi connectivity index (χ4v) is 4.55. The van der Waals surface area contributed by atoms with Crippen LogP contribution in [0.15, 0.2) is 0 Å². The lowest BCUT2D eigenvalue weighted by molar-refractivity contribution is -0.185. The van der Waals surface area contributed by atoms with Crippen LogP contribution in [-0.4, -0.2) is 42.0 Å². The highest BCUT2D eigenvalue weighted by Gasteiger charge is 2.53. The molecule has 0 amide bonds. The number of ether oxygens (including phenoxy) is 1. The van der Waals surface area contributed by atoms with Crippen molar-refractivity contribution in [3.05, 3.63) is 0 Å². The summed E-state index contributed by atoms with van der Waals surface area (Å²) in [5.74, 6) is 0.999. The Morgan fingerprint density at radius 2 is 2.11 bits per heavy atom. The molecule has 3 nitrogen and oxygen atoms in total. The first kappa shape index (κ1) is 12.6. The molecular weight excluding hydrogens is 226 g/mol. The zero-order chi connectivity index (χ0) is 12.8. The molecule has 4 atom stereocenters. The Morgan fingerprint density at radius 1 is 1.33 bits per heavy atom. The van der Waals surface area contributed by atoms with E-state index in [1.165, 1.54) is 25.7 Å². The maximum Gasteiger partial charge on any atom is 0.138 e. The molecule has 3 fully saturated rings. The van der Waals surface area contributed by atoms with Crippen molar-refractivity contribution in [2.75, 3.05) is 13.7 Å². The maximum atomic E-state index is 11.9. The van der Waals surface area contributed by atoms with E-state index < -0.39 is 0 Å². The van der Waals surface area contributed by atoms with E-state index in [0.29, 0.717) is 43.2 Å². The maximum absolute atomic E-state index is 11.9. The van der Waals surface area contributed by atoms with Gasteiger partial charge in [0.25, 0.3) is 0 Å². The zero-order valence-corrected chi connectivity index (χ0v) is 11.7. The third-order valence-electron chi connectivity index (χ3n) is 5.53. The lowest BCUT2D eigenvalue weighted by Gasteiger charge is -2.57. The third kappa shape index (κ3) is 1.92. The number of nitrogens with zero attached hydrogens (tertiary/aromatic N) is 1. The minimum atomic E-state index is -0.119. The van der Waals surface area contributed by atoms with Gasteiger partial charge in [-0.3, -0.25) is 4.79 Å². The lowest BCUT2D eigenvalue weighted by atomic mass is 9.65. The molecule has 0 N–H and O–H groups in total. The second-order valence-electron chi connectivity index (χ2n) is 6.56. The largest absolute Gasteiger partial charge is 0.374 e. The first-order chi connectivity index (χ1) is 8.62. The van der Waals surface area contributed by atoms with Crippen molar-refractivity contribution < 1.29 is 9.53 Å². The van der Waals surface area contributed by atoms with E-state index in [9.17, 15) is 4.79 Å². The predicted octanol–water partition coefficient (Wildman–Crippen LogP) is 2.39. The van der Waals surface area contributed by atoms with Crippen molar-refractivity contribution in [3.8, 4) is 0 Å². The molecule has 1 aliphatic carbocycles. The Hall–Kier alpha value is -0.410. The second-order valence-corrected chi connectivity index (χ2v) is 6.56. The van der Waals surface area contributed by atoms with E-state index in [1.54, 1.807) is 0 Å². The van der Waals surface area contributed by atoms with Gasteiger partial charge in [0.15, 0.2) is 0 Å². The van der Waals surface area contributed by atoms with Crippen LogP contribution in [0.2, 0.25) is 0 Å². The van der Waals surface area contributed by atoms with Gasteiger partial charge in [-0.2, -0.15) is 0 Å². The average molecular weight is 251 g/mol. The van der Waals surface area contributed by atoms with E-state index >= 15 is 0 Å². The van der Waals surface area contributed by atoms with Gasteiger partial charge in [-0.15, -0.1) is 0 Å². The van der Waals surface area contributed by atoms with Crippen LogP contribution >= 0.6 is 0 Å². The third-order valence-corrected chi connectivity index (χ3v) is 5.53. The first-order valence-corrected chi connectivity index (χ1v) is 7.50. The number of fused-ring (bicyclic) bond motifs is 2. The summed E-state index contributed by atoms with van der Waals surface area (Å²) in [4.78, 5) is 14.4. The molecule has 0 aromatic carbocycles. The average Bonchev–Trinajstić information content (AvgIpc) is 2.36. The molecule has 1 spiro atoms. The Balaban J connectivity index is 1.90. The summed E-state index contributed by atoms with van der Waals surface area (Å²) in [6.45, 7) is 2.94. The number of carbonyl (C=O) groups excluding carboxylic acids is 1. The van der Waals surface area contributed by atoms with E-state index in [2.05, 4.69) is 18.9 Å². The van der Waals surface area contributed by atoms with Crippen LogP contribution in [0.25, 0.3) is 0 Å². The van der Waals surface area contributed by atoms with Gasteiger partial charge in [0.1, 0.15) is 5.78 Å². The van der Waals surface area contributed by atoms with Crippen LogP contribution in [0, 0.1) is 5.92 Å². The molecule has 3 aliphatic rings. The number of ketones is 1. The fourth-order valence-electron chi connectivity index (χ4n) is 4.55. The summed E-state index contributed by atoms with van der Waals surface area (Å²) in [6, 6.07) is 1.17. The molecular formula is C15H25NO2. The molecule has 0 bridgehead atoms. The van der Waals surface area contributed by atoms with Gasteiger partial charge in [-0.1, -0.05) is 12.8 Å². The van der Waals surface area contributed by atoms with Crippen molar-refractivity contribution in [3.63, 3.8) is 0 Å². The monoisotopic (exact) mass is 251 g/mol. The molecule has 0 radical (unpaired) electrons. The van der Waals surface area contributed by atoms with Gasteiger partial charge in [-0.25, -0.2) is 0 Å². The minimum Gasteiger partial charge on any atom is -0.374 e. The first-order valence-electron chi connectivity index (χ1n) is 7.50. The van der Waals surface area contributed by atoms with Crippen LogP contribution < -0.4 is 0 Å². The van der Waals surface area contributed by atoms with E-state index in [-0.39, 0.29) is 5.60 Å². The zero-order valence-electron chi connectivity index (χ0n) is 11.7.